The van der Waals surface area contributed by atoms with E-state index in [1.54, 1.807) is 0 Å². The van der Waals surface area contributed by atoms with Crippen LogP contribution in [0.3, 0.4) is 0 Å². The summed E-state index contributed by atoms with van der Waals surface area (Å²) in [5.74, 6) is 0.983. The molecule has 2 nitrogen and oxygen atoms in total. The molecule has 0 aliphatic rings. The van der Waals surface area contributed by atoms with Gasteiger partial charge in [-0.15, -0.1) is 0 Å². The van der Waals surface area contributed by atoms with E-state index in [9.17, 15) is 10.2 Å². The molecule has 0 heterocycles. The van der Waals surface area contributed by atoms with Gasteiger partial charge in [-0.2, -0.15) is 0 Å². The van der Waals surface area contributed by atoms with Gasteiger partial charge in [0.05, 0.1) is 0 Å². The van der Waals surface area contributed by atoms with E-state index in [4.69, 9.17) is 0 Å². The molecule has 2 aromatic carbocycles. The molecule has 0 spiro atoms. The Morgan fingerprint density at radius 1 is 0.607 bits per heavy atom. The normalized spacial score (nSPS) is 11.4. The van der Waals surface area contributed by atoms with E-state index in [1.807, 2.05) is 24.3 Å². The molecule has 0 aliphatic carbocycles. The zero-order valence-corrected chi connectivity index (χ0v) is 18.4. The molecule has 2 N–H and O–H groups in total. The van der Waals surface area contributed by atoms with Crippen LogP contribution in [-0.2, 0) is 0 Å². The molecular formula is C26H38O2. The van der Waals surface area contributed by atoms with Crippen LogP contribution in [0.15, 0.2) is 24.3 Å². The van der Waals surface area contributed by atoms with Gasteiger partial charge >= 0.3 is 0 Å². The van der Waals surface area contributed by atoms with Gasteiger partial charge in [0.15, 0.2) is 0 Å². The summed E-state index contributed by atoms with van der Waals surface area (Å²) in [6.45, 7) is 10.7. The van der Waals surface area contributed by atoms with Crippen molar-refractivity contribution in [2.24, 2.45) is 0 Å². The number of unbranched alkanes of at least 4 members (excludes halogenated alkanes) is 6. The van der Waals surface area contributed by atoms with Gasteiger partial charge in [0.2, 0.25) is 0 Å². The average molecular weight is 383 g/mol. The Hall–Kier alpha value is -1.96. The number of phenols is 2. The molecule has 0 amide bonds. The Bertz CT molecular complexity index is 672. The topological polar surface area (TPSA) is 40.5 Å². The number of phenolic OH excluding ortho intramolecular Hbond substituents is 2. The number of benzene rings is 2. The monoisotopic (exact) mass is 382 g/mol. The Morgan fingerprint density at radius 3 is 1.36 bits per heavy atom. The summed E-state index contributed by atoms with van der Waals surface area (Å²) in [5, 5.41) is 20.0. The highest BCUT2D eigenvalue weighted by atomic mass is 16.3. The van der Waals surface area contributed by atoms with Gasteiger partial charge in [0.25, 0.3) is 0 Å². The summed E-state index contributed by atoms with van der Waals surface area (Å²) in [6.07, 6.45) is 10.2. The molecule has 28 heavy (non-hydrogen) atoms. The van der Waals surface area contributed by atoms with Crippen LogP contribution >= 0.6 is 0 Å². The first-order valence-electron chi connectivity index (χ1n) is 10.9. The summed E-state index contributed by atoms with van der Waals surface area (Å²) in [6, 6.07) is 7.52. The number of rotatable bonds is 10. The molecule has 154 valence electrons. The van der Waals surface area contributed by atoms with Gasteiger partial charge in [-0.05, 0) is 91.8 Å². The molecule has 0 bridgehead atoms. The van der Waals surface area contributed by atoms with Crippen molar-refractivity contribution in [3.8, 4) is 11.5 Å². The van der Waals surface area contributed by atoms with Crippen molar-refractivity contribution in [1.82, 2.24) is 0 Å². The molecular weight excluding hydrogens is 344 g/mol. The lowest BCUT2D eigenvalue weighted by Crippen LogP contribution is -2.09. The highest BCUT2D eigenvalue weighted by molar-refractivity contribution is 5.51. The number of hydrogen-bond donors (Lipinski definition) is 2. The van der Waals surface area contributed by atoms with Crippen LogP contribution in [-0.4, -0.2) is 10.2 Å². The number of hydrogen-bond acceptors (Lipinski definition) is 2. The minimum Gasteiger partial charge on any atom is -0.508 e. The predicted molar refractivity (Wildman–Crippen MR) is 120 cm³/mol. The molecule has 0 atom stereocenters. The van der Waals surface area contributed by atoms with Crippen molar-refractivity contribution in [2.75, 3.05) is 0 Å². The van der Waals surface area contributed by atoms with E-state index in [-0.39, 0.29) is 0 Å². The standard InChI is InChI=1S/C26H38O2/c1-6-7-8-9-10-11-12-13-24(25-18(2)14-22(27)15-19(25)3)26-20(4)16-23(28)17-21(26)5/h14-17,24,27-28H,6-13H2,1-5H3. The fourth-order valence-corrected chi connectivity index (χ4v) is 4.74. The summed E-state index contributed by atoms with van der Waals surface area (Å²) in [4.78, 5) is 0. The maximum absolute atomic E-state index is 10.0. The minimum atomic E-state index is 0.303. The highest BCUT2D eigenvalue weighted by Crippen LogP contribution is 2.39. The summed E-state index contributed by atoms with van der Waals surface area (Å²) in [7, 11) is 0. The number of aryl methyl sites for hydroxylation is 4. The SMILES string of the molecule is CCCCCCCCCC(c1c(C)cc(O)cc1C)c1c(C)cc(O)cc1C. The van der Waals surface area contributed by atoms with Gasteiger partial charge in [-0.1, -0.05) is 51.9 Å². The molecule has 0 radical (unpaired) electrons. The molecule has 0 saturated carbocycles. The minimum absolute atomic E-state index is 0.303. The zero-order valence-electron chi connectivity index (χ0n) is 18.4. The van der Waals surface area contributed by atoms with Crippen molar-refractivity contribution in [3.05, 3.63) is 57.6 Å². The molecule has 2 rings (SSSR count). The van der Waals surface area contributed by atoms with Crippen LogP contribution < -0.4 is 0 Å². The summed E-state index contributed by atoms with van der Waals surface area (Å²) >= 11 is 0. The Labute approximate surface area is 171 Å². The third-order valence-corrected chi connectivity index (χ3v) is 5.95. The van der Waals surface area contributed by atoms with Crippen LogP contribution in [0.25, 0.3) is 0 Å². The first kappa shape index (κ1) is 22.3. The predicted octanol–water partition coefficient (Wildman–Crippen LogP) is 7.60. The van der Waals surface area contributed by atoms with Gasteiger partial charge in [-0.3, -0.25) is 0 Å². The summed E-state index contributed by atoms with van der Waals surface area (Å²) in [5.41, 5.74) is 7.27. The van der Waals surface area contributed by atoms with Crippen LogP contribution in [0, 0.1) is 27.7 Å². The Morgan fingerprint density at radius 2 is 0.964 bits per heavy atom. The molecule has 2 heteroatoms. The van der Waals surface area contributed by atoms with Crippen molar-refractivity contribution >= 4 is 0 Å². The van der Waals surface area contributed by atoms with Crippen molar-refractivity contribution in [3.63, 3.8) is 0 Å². The van der Waals surface area contributed by atoms with Gasteiger partial charge in [-0.25, -0.2) is 0 Å². The second-order valence-electron chi connectivity index (χ2n) is 8.45. The maximum Gasteiger partial charge on any atom is 0.116 e. The number of aromatic hydroxyl groups is 2. The second kappa shape index (κ2) is 10.5. The molecule has 0 aromatic heterocycles. The van der Waals surface area contributed by atoms with Crippen molar-refractivity contribution in [2.45, 2.75) is 91.9 Å². The van der Waals surface area contributed by atoms with E-state index in [0.29, 0.717) is 17.4 Å². The third kappa shape index (κ3) is 5.77. The smallest absolute Gasteiger partial charge is 0.116 e. The highest BCUT2D eigenvalue weighted by Gasteiger charge is 2.22. The van der Waals surface area contributed by atoms with Gasteiger partial charge < -0.3 is 10.2 Å². The van der Waals surface area contributed by atoms with Crippen molar-refractivity contribution < 1.29 is 10.2 Å². The molecule has 0 unspecified atom stereocenters. The molecule has 0 aliphatic heterocycles. The van der Waals surface area contributed by atoms with Crippen LogP contribution in [0.1, 0.15) is 97.6 Å². The largest absolute Gasteiger partial charge is 0.508 e. The zero-order chi connectivity index (χ0) is 20.7. The average Bonchev–Trinajstić information content (AvgIpc) is 2.58. The lowest BCUT2D eigenvalue weighted by molar-refractivity contribution is 0.473. The Balaban J connectivity index is 2.28. The van der Waals surface area contributed by atoms with Crippen LogP contribution in [0.4, 0.5) is 0 Å². The van der Waals surface area contributed by atoms with Crippen LogP contribution in [0.2, 0.25) is 0 Å². The first-order chi connectivity index (χ1) is 13.3. The Kier molecular flexibility index (Phi) is 8.41. The van der Waals surface area contributed by atoms with Gasteiger partial charge in [0, 0.05) is 5.92 Å². The summed E-state index contributed by atoms with van der Waals surface area (Å²) < 4.78 is 0. The second-order valence-corrected chi connectivity index (χ2v) is 8.45. The fourth-order valence-electron chi connectivity index (χ4n) is 4.74. The van der Waals surface area contributed by atoms with Crippen LogP contribution in [0.5, 0.6) is 11.5 Å². The molecule has 2 aromatic rings. The quantitative estimate of drug-likeness (QED) is 0.415. The van der Waals surface area contributed by atoms with Crippen molar-refractivity contribution in [1.29, 1.82) is 0 Å². The fraction of sp³-hybridized carbons (Fsp3) is 0.538. The first-order valence-corrected chi connectivity index (χ1v) is 10.9. The van der Waals surface area contributed by atoms with E-state index in [2.05, 4.69) is 34.6 Å². The molecule has 0 saturated heterocycles. The van der Waals surface area contributed by atoms with E-state index in [0.717, 1.165) is 28.7 Å². The van der Waals surface area contributed by atoms with E-state index in [1.165, 1.54) is 56.1 Å². The lowest BCUT2D eigenvalue weighted by atomic mass is 9.78. The molecule has 0 fully saturated rings. The van der Waals surface area contributed by atoms with E-state index >= 15 is 0 Å². The van der Waals surface area contributed by atoms with Gasteiger partial charge in [0.1, 0.15) is 11.5 Å². The van der Waals surface area contributed by atoms with E-state index < -0.39 is 0 Å². The third-order valence-electron chi connectivity index (χ3n) is 5.95. The lowest BCUT2D eigenvalue weighted by Gasteiger charge is -2.26. The maximum atomic E-state index is 10.0.